The van der Waals surface area contributed by atoms with Gasteiger partial charge in [0.15, 0.2) is 0 Å². The summed E-state index contributed by atoms with van der Waals surface area (Å²) < 4.78 is 5.29. The van der Waals surface area contributed by atoms with Gasteiger partial charge >= 0.3 is 0 Å². The first-order valence-electron chi connectivity index (χ1n) is 7.57. The number of aromatic nitrogens is 2. The van der Waals surface area contributed by atoms with Crippen molar-refractivity contribution in [1.29, 1.82) is 0 Å². The fourth-order valence-corrected chi connectivity index (χ4v) is 1.95. The van der Waals surface area contributed by atoms with Crippen LogP contribution in [0.2, 0.25) is 0 Å². The molecule has 0 aliphatic heterocycles. The van der Waals surface area contributed by atoms with Crippen molar-refractivity contribution in [3.8, 4) is 0 Å². The van der Waals surface area contributed by atoms with Crippen LogP contribution in [0.3, 0.4) is 0 Å². The predicted octanol–water partition coefficient (Wildman–Crippen LogP) is 3.28. The fourth-order valence-electron chi connectivity index (χ4n) is 1.95. The topological polar surface area (TPSA) is 68.2 Å². The van der Waals surface area contributed by atoms with Crippen LogP contribution in [-0.2, 0) is 0 Å². The molecule has 0 saturated heterocycles. The van der Waals surface area contributed by atoms with Crippen molar-refractivity contribution in [3.05, 3.63) is 5.89 Å². The molecule has 1 heterocycles. The Morgan fingerprint density at radius 2 is 1.74 bits per heavy atom. The molecular formula is C14H28N4O. The van der Waals surface area contributed by atoms with Crippen molar-refractivity contribution in [2.45, 2.75) is 65.3 Å². The molecule has 1 unspecified atom stereocenters. The summed E-state index contributed by atoms with van der Waals surface area (Å²) in [6, 6.07) is -0.134. The zero-order valence-corrected chi connectivity index (χ0v) is 12.6. The number of unbranched alkanes of at least 4 members (excludes halogenated alkanes) is 2. The smallest absolute Gasteiger partial charge is 0.266 e. The van der Waals surface area contributed by atoms with E-state index in [2.05, 4.69) is 35.8 Å². The van der Waals surface area contributed by atoms with Crippen LogP contribution in [0.5, 0.6) is 0 Å². The zero-order chi connectivity index (χ0) is 14.1. The van der Waals surface area contributed by atoms with E-state index in [-0.39, 0.29) is 6.04 Å². The summed E-state index contributed by atoms with van der Waals surface area (Å²) in [5, 5.41) is 4.09. The molecule has 1 atom stereocenters. The zero-order valence-electron chi connectivity index (χ0n) is 12.6. The summed E-state index contributed by atoms with van der Waals surface area (Å²) in [6.07, 6.45) is 6.54. The van der Waals surface area contributed by atoms with E-state index in [1.807, 2.05) is 0 Å². The van der Waals surface area contributed by atoms with Gasteiger partial charge in [-0.25, -0.2) is 0 Å². The maximum Gasteiger partial charge on any atom is 0.266 e. The minimum absolute atomic E-state index is 0.134. The van der Waals surface area contributed by atoms with E-state index < -0.39 is 0 Å². The Balaban J connectivity index is 2.66. The van der Waals surface area contributed by atoms with Crippen LogP contribution < -0.4 is 10.6 Å². The highest BCUT2D eigenvalue weighted by molar-refractivity contribution is 5.27. The van der Waals surface area contributed by atoms with Gasteiger partial charge in [-0.05, 0) is 24.4 Å². The van der Waals surface area contributed by atoms with Crippen LogP contribution in [-0.4, -0.2) is 23.2 Å². The summed E-state index contributed by atoms with van der Waals surface area (Å²) in [6.45, 7) is 8.45. The third-order valence-corrected chi connectivity index (χ3v) is 3.19. The Morgan fingerprint density at radius 3 is 2.26 bits per heavy atom. The number of nitrogens with two attached hydrogens (primary N) is 1. The van der Waals surface area contributed by atoms with Crippen LogP contribution in [0.4, 0.5) is 5.95 Å². The highest BCUT2D eigenvalue weighted by Gasteiger charge is 2.17. The first-order chi connectivity index (χ1) is 9.22. The van der Waals surface area contributed by atoms with E-state index >= 15 is 0 Å². The second kappa shape index (κ2) is 8.91. The minimum Gasteiger partial charge on any atom is -0.338 e. The second-order valence-electron chi connectivity index (χ2n) is 5.02. The Hall–Kier alpha value is -1.10. The van der Waals surface area contributed by atoms with Crippen molar-refractivity contribution in [2.75, 3.05) is 18.0 Å². The quantitative estimate of drug-likeness (QED) is 0.705. The molecular weight excluding hydrogens is 240 g/mol. The maximum absolute atomic E-state index is 6.00. The number of nitrogens with zero attached hydrogens (tertiary/aromatic N) is 3. The summed E-state index contributed by atoms with van der Waals surface area (Å²) in [5.74, 6) is 1.26. The van der Waals surface area contributed by atoms with Crippen LogP contribution in [0.15, 0.2) is 4.52 Å². The monoisotopic (exact) mass is 268 g/mol. The minimum atomic E-state index is -0.134. The average molecular weight is 268 g/mol. The first-order valence-corrected chi connectivity index (χ1v) is 7.57. The molecule has 0 aliphatic rings. The third-order valence-electron chi connectivity index (χ3n) is 3.19. The lowest BCUT2D eigenvalue weighted by Gasteiger charge is -2.19. The lowest BCUT2D eigenvalue weighted by molar-refractivity contribution is 0.347. The highest BCUT2D eigenvalue weighted by Crippen LogP contribution is 2.18. The Labute approximate surface area is 116 Å². The molecule has 0 bridgehead atoms. The van der Waals surface area contributed by atoms with E-state index in [1.165, 1.54) is 12.8 Å². The van der Waals surface area contributed by atoms with Crippen molar-refractivity contribution < 1.29 is 4.52 Å². The second-order valence-corrected chi connectivity index (χ2v) is 5.02. The van der Waals surface area contributed by atoms with E-state index in [4.69, 9.17) is 10.3 Å². The third kappa shape index (κ3) is 5.19. The molecule has 1 aromatic rings. The van der Waals surface area contributed by atoms with E-state index in [9.17, 15) is 0 Å². The maximum atomic E-state index is 6.00. The molecule has 0 saturated carbocycles. The molecule has 0 amide bonds. The molecule has 110 valence electrons. The Morgan fingerprint density at radius 1 is 1.11 bits per heavy atom. The summed E-state index contributed by atoms with van der Waals surface area (Å²) in [4.78, 5) is 6.67. The SMILES string of the molecule is CCCCN(CCCC)c1noc(C(N)CCC)n1. The molecule has 19 heavy (non-hydrogen) atoms. The summed E-state index contributed by atoms with van der Waals surface area (Å²) >= 11 is 0. The predicted molar refractivity (Wildman–Crippen MR) is 78.2 cm³/mol. The van der Waals surface area contributed by atoms with Gasteiger partial charge in [-0.15, -0.1) is 0 Å². The van der Waals surface area contributed by atoms with Crippen molar-refractivity contribution >= 4 is 5.95 Å². The molecule has 0 spiro atoms. The van der Waals surface area contributed by atoms with Gasteiger partial charge < -0.3 is 15.2 Å². The molecule has 0 fully saturated rings. The van der Waals surface area contributed by atoms with Crippen LogP contribution in [0.25, 0.3) is 0 Å². The fraction of sp³-hybridized carbons (Fsp3) is 0.857. The largest absolute Gasteiger partial charge is 0.338 e. The van der Waals surface area contributed by atoms with Crippen molar-refractivity contribution in [3.63, 3.8) is 0 Å². The van der Waals surface area contributed by atoms with Crippen LogP contribution in [0.1, 0.15) is 71.2 Å². The van der Waals surface area contributed by atoms with Gasteiger partial charge in [-0.2, -0.15) is 4.98 Å². The number of hydrogen-bond acceptors (Lipinski definition) is 5. The van der Waals surface area contributed by atoms with Gasteiger partial charge in [0.05, 0.1) is 6.04 Å². The number of hydrogen-bond donors (Lipinski definition) is 1. The molecule has 1 rings (SSSR count). The summed E-state index contributed by atoms with van der Waals surface area (Å²) in [5.41, 5.74) is 6.00. The standard InChI is InChI=1S/C14H28N4O/c1-4-7-10-18(11-8-5-2)14-16-13(19-17-14)12(15)9-6-3/h12H,4-11,15H2,1-3H3. The molecule has 0 aromatic carbocycles. The molecule has 5 nitrogen and oxygen atoms in total. The Bertz CT molecular complexity index is 332. The summed E-state index contributed by atoms with van der Waals surface area (Å²) in [7, 11) is 0. The van der Waals surface area contributed by atoms with Gasteiger partial charge in [-0.3, -0.25) is 0 Å². The van der Waals surface area contributed by atoms with Gasteiger partial charge in [0.1, 0.15) is 0 Å². The van der Waals surface area contributed by atoms with Crippen molar-refractivity contribution in [2.24, 2.45) is 5.73 Å². The molecule has 2 N–H and O–H groups in total. The van der Waals surface area contributed by atoms with Gasteiger partial charge in [-0.1, -0.05) is 40.0 Å². The lowest BCUT2D eigenvalue weighted by Crippen LogP contribution is -2.26. The van der Waals surface area contributed by atoms with Crippen molar-refractivity contribution in [1.82, 2.24) is 10.1 Å². The molecule has 0 radical (unpaired) electrons. The molecule has 0 aliphatic carbocycles. The number of anilines is 1. The van der Waals surface area contributed by atoms with Crippen LogP contribution in [0, 0.1) is 0 Å². The van der Waals surface area contributed by atoms with Gasteiger partial charge in [0, 0.05) is 13.1 Å². The lowest BCUT2D eigenvalue weighted by atomic mass is 10.2. The van der Waals surface area contributed by atoms with E-state index in [0.717, 1.165) is 38.8 Å². The first kappa shape index (κ1) is 16.0. The highest BCUT2D eigenvalue weighted by atomic mass is 16.5. The normalized spacial score (nSPS) is 12.6. The van der Waals surface area contributed by atoms with E-state index in [0.29, 0.717) is 11.8 Å². The van der Waals surface area contributed by atoms with Gasteiger partial charge in [0.2, 0.25) is 5.89 Å². The van der Waals surface area contributed by atoms with Crippen LogP contribution >= 0.6 is 0 Å². The Kier molecular flexibility index (Phi) is 7.48. The number of rotatable bonds is 10. The molecule has 1 aromatic heterocycles. The molecule has 5 heteroatoms. The average Bonchev–Trinajstić information content (AvgIpc) is 2.89. The van der Waals surface area contributed by atoms with E-state index in [1.54, 1.807) is 0 Å². The van der Waals surface area contributed by atoms with Gasteiger partial charge in [0.25, 0.3) is 5.95 Å².